The highest BCUT2D eigenvalue weighted by Gasteiger charge is 2.25. The molecule has 0 atom stereocenters. The number of methoxy groups -OCH3 is 1. The molecule has 214 valence electrons. The summed E-state index contributed by atoms with van der Waals surface area (Å²) in [7, 11) is 1.42. The van der Waals surface area contributed by atoms with Crippen LogP contribution in [0.4, 0.5) is 17.1 Å². The van der Waals surface area contributed by atoms with Crippen LogP contribution in [0.25, 0.3) is 0 Å². The number of phenolic OH excluding ortho intramolecular Hbond substituents is 3. The fourth-order valence-electron chi connectivity index (χ4n) is 5.35. The van der Waals surface area contributed by atoms with E-state index in [1.54, 1.807) is 18.2 Å². The van der Waals surface area contributed by atoms with Crippen molar-refractivity contribution in [3.63, 3.8) is 0 Å². The molecule has 0 amide bonds. The molecular formula is C29H23N3O10. The van der Waals surface area contributed by atoms with Gasteiger partial charge in [-0.3, -0.25) is 30.3 Å². The number of hydrogen-bond donors (Lipinski definition) is 3. The van der Waals surface area contributed by atoms with E-state index in [0.29, 0.717) is 16.9 Å². The van der Waals surface area contributed by atoms with Crippen LogP contribution in [-0.2, 0) is 25.7 Å². The molecule has 1 aliphatic carbocycles. The molecular weight excluding hydrogens is 550 g/mol. The molecule has 4 aromatic carbocycles. The van der Waals surface area contributed by atoms with Gasteiger partial charge in [0.15, 0.2) is 0 Å². The maximum absolute atomic E-state index is 11.8. The Bertz CT molecular complexity index is 1690. The van der Waals surface area contributed by atoms with Crippen LogP contribution in [0.3, 0.4) is 0 Å². The Morgan fingerprint density at radius 1 is 0.548 bits per heavy atom. The lowest BCUT2D eigenvalue weighted by Crippen LogP contribution is -2.05. The number of para-hydroxylation sites is 1. The predicted molar refractivity (Wildman–Crippen MR) is 149 cm³/mol. The van der Waals surface area contributed by atoms with Gasteiger partial charge in [0.2, 0.25) is 0 Å². The van der Waals surface area contributed by atoms with Crippen LogP contribution in [0.5, 0.6) is 23.0 Å². The first-order valence-corrected chi connectivity index (χ1v) is 12.6. The van der Waals surface area contributed by atoms with Crippen LogP contribution in [0.15, 0.2) is 54.6 Å². The van der Waals surface area contributed by atoms with E-state index in [4.69, 9.17) is 4.74 Å². The molecule has 0 aromatic heterocycles. The largest absolute Gasteiger partial charge is 0.507 e. The Kier molecular flexibility index (Phi) is 7.08. The zero-order valence-electron chi connectivity index (χ0n) is 22.1. The number of nitrogens with zero attached hydrogens (tertiary/aromatic N) is 3. The molecule has 8 bridgehead atoms. The monoisotopic (exact) mass is 573 g/mol. The Labute approximate surface area is 237 Å². The van der Waals surface area contributed by atoms with Gasteiger partial charge in [0, 0.05) is 95.5 Å². The molecule has 0 aliphatic heterocycles. The quantitative estimate of drug-likeness (QED) is 0.189. The van der Waals surface area contributed by atoms with Gasteiger partial charge in [-0.2, -0.15) is 0 Å². The highest BCUT2D eigenvalue weighted by Crippen LogP contribution is 2.41. The average Bonchev–Trinajstić information content (AvgIpc) is 2.94. The number of nitro benzene ring substituents is 3. The van der Waals surface area contributed by atoms with Gasteiger partial charge >= 0.3 is 0 Å². The summed E-state index contributed by atoms with van der Waals surface area (Å²) in [5.41, 5.74) is 0.401. The van der Waals surface area contributed by atoms with Gasteiger partial charge in [-0.25, -0.2) is 0 Å². The molecule has 0 saturated heterocycles. The van der Waals surface area contributed by atoms with Crippen molar-refractivity contribution >= 4 is 17.1 Å². The second kappa shape index (κ2) is 10.7. The molecule has 3 N–H and O–H groups in total. The summed E-state index contributed by atoms with van der Waals surface area (Å²) < 4.78 is 5.66. The van der Waals surface area contributed by atoms with Gasteiger partial charge in [0.25, 0.3) is 17.1 Å². The van der Waals surface area contributed by atoms with E-state index in [-0.39, 0.29) is 81.9 Å². The predicted octanol–water partition coefficient (Wildman–Crippen LogP) is 5.21. The molecule has 5 rings (SSSR count). The summed E-state index contributed by atoms with van der Waals surface area (Å²) in [5, 5.41) is 68.9. The van der Waals surface area contributed by atoms with Gasteiger partial charge in [-0.15, -0.1) is 0 Å². The molecule has 0 spiro atoms. The van der Waals surface area contributed by atoms with E-state index in [9.17, 15) is 45.7 Å². The SMILES string of the molecule is COc1c2cccc1Cc1cc([N+](=O)[O-])cc(c1O)Cc1cc([N+](=O)[O-])cc(c1O)Cc1cc([N+](=O)[O-])cc(c1O)C2. The van der Waals surface area contributed by atoms with Gasteiger partial charge in [0.05, 0.1) is 21.9 Å². The van der Waals surface area contributed by atoms with Crippen molar-refractivity contribution < 1.29 is 34.8 Å². The van der Waals surface area contributed by atoms with Crippen molar-refractivity contribution in [1.82, 2.24) is 0 Å². The van der Waals surface area contributed by atoms with Crippen molar-refractivity contribution in [1.29, 1.82) is 0 Å². The van der Waals surface area contributed by atoms with Crippen molar-refractivity contribution in [2.24, 2.45) is 0 Å². The number of non-ortho nitro benzene ring substituents is 3. The summed E-state index contributed by atoms with van der Waals surface area (Å²) in [4.78, 5) is 33.4. The fourth-order valence-corrected chi connectivity index (χ4v) is 5.35. The van der Waals surface area contributed by atoms with Crippen molar-refractivity contribution in [2.75, 3.05) is 7.11 Å². The summed E-state index contributed by atoms with van der Waals surface area (Å²) >= 11 is 0. The molecule has 13 heteroatoms. The first-order valence-electron chi connectivity index (χ1n) is 12.6. The Morgan fingerprint density at radius 3 is 1.05 bits per heavy atom. The normalized spacial score (nSPS) is 12.4. The highest BCUT2D eigenvalue weighted by molar-refractivity contribution is 5.60. The van der Waals surface area contributed by atoms with Gasteiger partial charge in [-0.05, 0) is 11.1 Å². The van der Waals surface area contributed by atoms with E-state index in [1.165, 1.54) is 19.2 Å². The van der Waals surface area contributed by atoms with E-state index < -0.39 is 26.2 Å². The lowest BCUT2D eigenvalue weighted by atomic mass is 9.90. The minimum absolute atomic E-state index is 0.0160. The van der Waals surface area contributed by atoms with Crippen LogP contribution >= 0.6 is 0 Å². The zero-order valence-corrected chi connectivity index (χ0v) is 22.1. The highest BCUT2D eigenvalue weighted by atomic mass is 16.6. The number of benzene rings is 4. The van der Waals surface area contributed by atoms with Crippen LogP contribution < -0.4 is 4.74 Å². The third kappa shape index (κ3) is 5.10. The van der Waals surface area contributed by atoms with Crippen LogP contribution in [0.2, 0.25) is 0 Å². The van der Waals surface area contributed by atoms with Crippen LogP contribution in [0, 0.1) is 30.3 Å². The molecule has 1 aliphatic rings. The number of hydrogen-bond acceptors (Lipinski definition) is 10. The first kappa shape index (κ1) is 27.8. The minimum Gasteiger partial charge on any atom is -0.507 e. The summed E-state index contributed by atoms with van der Waals surface area (Å²) in [6.45, 7) is 0. The summed E-state index contributed by atoms with van der Waals surface area (Å²) in [6, 6.07) is 12.0. The molecule has 13 nitrogen and oxygen atoms in total. The van der Waals surface area contributed by atoms with Gasteiger partial charge in [-0.1, -0.05) is 18.2 Å². The standard InChI is InChI=1S/C29H23N3O10/c1-42-29-15-3-2-4-16(29)6-18-10-24(31(38)39)12-20(27(18)34)8-22-14-25(32(40)41)13-21(28(22)35)7-19-11-23(30(36)37)9-17(5-15)26(19)33/h2-4,9-14,33-35H,5-8H2,1H3. The van der Waals surface area contributed by atoms with Crippen LogP contribution in [-0.4, -0.2) is 37.2 Å². The fraction of sp³-hybridized carbons (Fsp3) is 0.172. The number of ether oxygens (including phenoxy) is 1. The summed E-state index contributed by atoms with van der Waals surface area (Å²) in [6.07, 6.45) is -0.666. The van der Waals surface area contributed by atoms with Crippen molar-refractivity contribution in [3.05, 3.63) is 129 Å². The maximum atomic E-state index is 11.8. The van der Waals surface area contributed by atoms with E-state index in [0.717, 1.165) is 24.3 Å². The van der Waals surface area contributed by atoms with Crippen molar-refractivity contribution in [3.8, 4) is 23.0 Å². The zero-order chi connectivity index (χ0) is 30.3. The molecule has 4 aromatic rings. The molecule has 0 unspecified atom stereocenters. The first-order chi connectivity index (χ1) is 20.0. The minimum atomic E-state index is -0.693. The second-order valence-electron chi connectivity index (χ2n) is 9.93. The Morgan fingerprint density at radius 2 is 0.810 bits per heavy atom. The van der Waals surface area contributed by atoms with E-state index >= 15 is 0 Å². The topological polar surface area (TPSA) is 199 Å². The number of nitro groups is 3. The number of aromatic hydroxyl groups is 3. The number of phenols is 3. The van der Waals surface area contributed by atoms with Gasteiger partial charge < -0.3 is 20.1 Å². The van der Waals surface area contributed by atoms with E-state index in [1.807, 2.05) is 0 Å². The summed E-state index contributed by atoms with van der Waals surface area (Å²) in [5.74, 6) is -0.625. The number of fused-ring (bicyclic) bond motifs is 8. The maximum Gasteiger partial charge on any atom is 0.270 e. The molecule has 0 saturated carbocycles. The number of rotatable bonds is 4. The Balaban J connectivity index is 1.84. The van der Waals surface area contributed by atoms with Gasteiger partial charge in [0.1, 0.15) is 23.0 Å². The molecule has 0 fully saturated rings. The third-order valence-electron chi connectivity index (χ3n) is 7.30. The smallest absolute Gasteiger partial charge is 0.270 e. The lowest BCUT2D eigenvalue weighted by molar-refractivity contribution is -0.385. The lowest BCUT2D eigenvalue weighted by Gasteiger charge is -2.18. The Hall–Kier alpha value is -5.72. The average molecular weight is 574 g/mol. The van der Waals surface area contributed by atoms with E-state index in [2.05, 4.69) is 0 Å². The molecule has 42 heavy (non-hydrogen) atoms. The molecule has 0 heterocycles. The molecule has 0 radical (unpaired) electrons. The third-order valence-corrected chi connectivity index (χ3v) is 7.30. The van der Waals surface area contributed by atoms with Crippen molar-refractivity contribution in [2.45, 2.75) is 25.7 Å². The second-order valence-corrected chi connectivity index (χ2v) is 9.93. The van der Waals surface area contributed by atoms with Crippen LogP contribution in [0.1, 0.15) is 44.5 Å².